The molecule has 3 rings (SSSR count). The second-order valence-electron chi connectivity index (χ2n) is 4.42. The van der Waals surface area contributed by atoms with Crippen molar-refractivity contribution in [3.63, 3.8) is 0 Å². The van der Waals surface area contributed by atoms with E-state index in [9.17, 15) is 13.2 Å². The van der Waals surface area contributed by atoms with Crippen LogP contribution in [0.2, 0.25) is 0 Å². The molecular formula is C13H11NO3S3. The minimum absolute atomic E-state index is 0.0424. The molecule has 20 heavy (non-hydrogen) atoms. The monoisotopic (exact) mass is 325 g/mol. The number of fused-ring (bicyclic) bond motifs is 1. The first-order valence-electron chi connectivity index (χ1n) is 5.82. The summed E-state index contributed by atoms with van der Waals surface area (Å²) < 4.78 is 27.2. The Labute approximate surface area is 123 Å². The fourth-order valence-electron chi connectivity index (χ4n) is 2.00. The maximum atomic E-state index is 12.2. The van der Waals surface area contributed by atoms with Crippen LogP contribution < -0.4 is 4.87 Å². The molecule has 0 saturated carbocycles. The second kappa shape index (κ2) is 4.83. The van der Waals surface area contributed by atoms with Crippen LogP contribution in [0.4, 0.5) is 0 Å². The lowest BCUT2D eigenvalue weighted by atomic mass is 10.2. The van der Waals surface area contributed by atoms with E-state index in [1.807, 2.05) is 0 Å². The van der Waals surface area contributed by atoms with E-state index >= 15 is 0 Å². The number of thiophene rings is 1. The van der Waals surface area contributed by atoms with Crippen LogP contribution in [-0.4, -0.2) is 13.0 Å². The molecular weight excluding hydrogens is 314 g/mol. The van der Waals surface area contributed by atoms with Crippen LogP contribution in [0.25, 0.3) is 10.2 Å². The summed E-state index contributed by atoms with van der Waals surface area (Å²) in [5.74, 6) is -0.0424. The molecule has 0 atom stereocenters. The minimum atomic E-state index is -3.30. The molecule has 104 valence electrons. The van der Waals surface area contributed by atoms with Gasteiger partial charge in [-0.2, -0.15) is 0 Å². The van der Waals surface area contributed by atoms with Gasteiger partial charge < -0.3 is 4.57 Å². The van der Waals surface area contributed by atoms with Gasteiger partial charge in [0.1, 0.15) is 4.21 Å². The molecule has 0 amide bonds. The molecule has 0 spiro atoms. The van der Waals surface area contributed by atoms with Crippen molar-refractivity contribution in [2.45, 2.75) is 9.96 Å². The van der Waals surface area contributed by atoms with E-state index in [4.69, 9.17) is 0 Å². The van der Waals surface area contributed by atoms with Gasteiger partial charge in [0.05, 0.1) is 16.0 Å². The predicted molar refractivity (Wildman–Crippen MR) is 82.3 cm³/mol. The van der Waals surface area contributed by atoms with Gasteiger partial charge in [-0.3, -0.25) is 4.79 Å². The summed E-state index contributed by atoms with van der Waals surface area (Å²) in [6, 6.07) is 8.68. The van der Waals surface area contributed by atoms with Crippen LogP contribution in [0.1, 0.15) is 5.56 Å². The van der Waals surface area contributed by atoms with Crippen LogP contribution in [0.5, 0.6) is 0 Å². The molecule has 2 heterocycles. The van der Waals surface area contributed by atoms with Crippen molar-refractivity contribution in [1.82, 2.24) is 4.57 Å². The van der Waals surface area contributed by atoms with Crippen molar-refractivity contribution in [3.8, 4) is 0 Å². The second-order valence-corrected chi connectivity index (χ2v) is 8.58. The van der Waals surface area contributed by atoms with Gasteiger partial charge in [-0.1, -0.05) is 23.5 Å². The first-order valence-corrected chi connectivity index (χ1v) is 9.17. The van der Waals surface area contributed by atoms with E-state index in [1.54, 1.807) is 47.3 Å². The maximum Gasteiger partial charge on any atom is 0.307 e. The van der Waals surface area contributed by atoms with Gasteiger partial charge in [-0.25, -0.2) is 8.42 Å². The Morgan fingerprint density at radius 3 is 2.75 bits per heavy atom. The van der Waals surface area contributed by atoms with Crippen molar-refractivity contribution in [2.24, 2.45) is 7.05 Å². The molecule has 0 unspecified atom stereocenters. The number of sulfone groups is 1. The van der Waals surface area contributed by atoms with E-state index in [1.165, 1.54) is 11.3 Å². The van der Waals surface area contributed by atoms with Crippen LogP contribution in [0.15, 0.2) is 44.7 Å². The van der Waals surface area contributed by atoms with Crippen LogP contribution in [0, 0.1) is 0 Å². The molecule has 0 bridgehead atoms. The number of benzene rings is 1. The van der Waals surface area contributed by atoms with Crippen LogP contribution in [-0.2, 0) is 22.6 Å². The van der Waals surface area contributed by atoms with Gasteiger partial charge in [-0.15, -0.1) is 11.3 Å². The van der Waals surface area contributed by atoms with E-state index in [0.29, 0.717) is 9.77 Å². The van der Waals surface area contributed by atoms with E-state index in [2.05, 4.69) is 0 Å². The largest absolute Gasteiger partial charge is 0.307 e. The molecule has 7 heteroatoms. The van der Waals surface area contributed by atoms with E-state index < -0.39 is 9.84 Å². The van der Waals surface area contributed by atoms with Gasteiger partial charge in [-0.05, 0) is 29.1 Å². The number of thiazole rings is 1. The predicted octanol–water partition coefficient (Wildman–Crippen LogP) is 2.64. The normalized spacial score (nSPS) is 12.1. The Morgan fingerprint density at radius 2 is 2.05 bits per heavy atom. The van der Waals surface area contributed by atoms with Gasteiger partial charge in [0.2, 0.25) is 0 Å². The Kier molecular flexibility index (Phi) is 3.27. The highest BCUT2D eigenvalue weighted by Gasteiger charge is 2.17. The zero-order chi connectivity index (χ0) is 14.3. The first kappa shape index (κ1) is 13.5. The Hall–Kier alpha value is -1.44. The maximum absolute atomic E-state index is 12.2. The van der Waals surface area contributed by atoms with Gasteiger partial charge in [0.15, 0.2) is 9.84 Å². The first-order chi connectivity index (χ1) is 9.47. The Balaban J connectivity index is 2.02. The van der Waals surface area contributed by atoms with Crippen molar-refractivity contribution in [3.05, 3.63) is 50.9 Å². The lowest BCUT2D eigenvalue weighted by molar-refractivity contribution is 0.597. The summed E-state index contributed by atoms with van der Waals surface area (Å²) >= 11 is 2.35. The Bertz CT molecular complexity index is 918. The smallest absolute Gasteiger partial charge is 0.302 e. The summed E-state index contributed by atoms with van der Waals surface area (Å²) in [6.45, 7) is 0. The highest BCUT2D eigenvalue weighted by molar-refractivity contribution is 7.92. The highest BCUT2D eigenvalue weighted by atomic mass is 32.2. The number of nitrogens with zero attached hydrogens (tertiary/aromatic N) is 1. The van der Waals surface area contributed by atoms with Crippen LogP contribution >= 0.6 is 22.7 Å². The van der Waals surface area contributed by atoms with Crippen LogP contribution in [0.3, 0.4) is 0 Å². The number of rotatable bonds is 3. The molecule has 3 aromatic rings. The SMILES string of the molecule is Cn1c(=O)sc2cc(CS(=O)(=O)c3cccs3)ccc21. The summed E-state index contributed by atoms with van der Waals surface area (Å²) in [4.78, 5) is 11.5. The molecule has 1 aromatic carbocycles. The number of hydrogen-bond acceptors (Lipinski definition) is 5. The molecule has 0 aliphatic heterocycles. The molecule has 2 aromatic heterocycles. The third-order valence-electron chi connectivity index (χ3n) is 3.01. The number of aromatic nitrogens is 1. The standard InChI is InChI=1S/C13H11NO3S3/c1-14-10-5-4-9(7-11(10)19-13(14)15)8-20(16,17)12-3-2-6-18-12/h2-7H,8H2,1H3. The van der Waals surface area contributed by atoms with E-state index in [0.717, 1.165) is 21.6 Å². The number of hydrogen-bond donors (Lipinski definition) is 0. The molecule has 0 N–H and O–H groups in total. The molecule has 0 radical (unpaired) electrons. The highest BCUT2D eigenvalue weighted by Crippen LogP contribution is 2.24. The fourth-order valence-corrected chi connectivity index (χ4v) is 5.37. The van der Waals surface area contributed by atoms with E-state index in [-0.39, 0.29) is 10.6 Å². The Morgan fingerprint density at radius 1 is 1.25 bits per heavy atom. The number of aryl methyl sites for hydroxylation is 1. The zero-order valence-electron chi connectivity index (χ0n) is 10.6. The van der Waals surface area contributed by atoms with Crippen molar-refractivity contribution in [1.29, 1.82) is 0 Å². The summed E-state index contributed by atoms with van der Waals surface area (Å²) in [5.41, 5.74) is 1.53. The average molecular weight is 325 g/mol. The van der Waals surface area contributed by atoms with Crippen molar-refractivity contribution >= 4 is 42.7 Å². The third kappa shape index (κ3) is 2.32. The molecule has 4 nitrogen and oxygen atoms in total. The lowest BCUT2D eigenvalue weighted by Crippen LogP contribution is -2.06. The minimum Gasteiger partial charge on any atom is -0.302 e. The molecule has 0 saturated heterocycles. The van der Waals surface area contributed by atoms with Crippen molar-refractivity contribution in [2.75, 3.05) is 0 Å². The summed E-state index contributed by atoms with van der Waals surface area (Å²) in [5, 5.41) is 1.75. The molecule has 0 aliphatic carbocycles. The van der Waals surface area contributed by atoms with Gasteiger partial charge in [0, 0.05) is 7.05 Å². The molecule has 0 fully saturated rings. The lowest BCUT2D eigenvalue weighted by Gasteiger charge is -2.03. The van der Waals surface area contributed by atoms with Crippen molar-refractivity contribution < 1.29 is 8.42 Å². The average Bonchev–Trinajstić information content (AvgIpc) is 2.99. The van der Waals surface area contributed by atoms with Gasteiger partial charge >= 0.3 is 4.87 Å². The molecule has 0 aliphatic rings. The topological polar surface area (TPSA) is 56.1 Å². The fraction of sp³-hybridized carbons (Fsp3) is 0.154. The quantitative estimate of drug-likeness (QED) is 0.744. The van der Waals surface area contributed by atoms with Gasteiger partial charge in [0.25, 0.3) is 0 Å². The zero-order valence-corrected chi connectivity index (χ0v) is 13.0. The summed E-state index contributed by atoms with van der Waals surface area (Å²) in [6.07, 6.45) is 0. The summed E-state index contributed by atoms with van der Waals surface area (Å²) in [7, 11) is -1.59. The third-order valence-corrected chi connectivity index (χ3v) is 7.18.